The van der Waals surface area contributed by atoms with Crippen molar-refractivity contribution in [2.45, 2.75) is 27.2 Å². The number of nitrogens with zero attached hydrogens (tertiary/aromatic N) is 2. The van der Waals surface area contributed by atoms with Crippen molar-refractivity contribution in [2.75, 3.05) is 5.32 Å². The van der Waals surface area contributed by atoms with E-state index in [-0.39, 0.29) is 5.91 Å². The highest BCUT2D eigenvalue weighted by Crippen LogP contribution is 2.26. The Morgan fingerprint density at radius 2 is 1.73 bits per heavy atom. The molecule has 0 radical (unpaired) electrons. The second-order valence-corrected chi connectivity index (χ2v) is 7.52. The van der Waals surface area contributed by atoms with E-state index in [1.54, 1.807) is 6.08 Å². The van der Waals surface area contributed by atoms with Gasteiger partial charge < -0.3 is 5.32 Å². The summed E-state index contributed by atoms with van der Waals surface area (Å²) in [7, 11) is 0. The predicted octanol–water partition coefficient (Wildman–Crippen LogP) is 5.83. The normalized spacial score (nSPS) is 11.3. The van der Waals surface area contributed by atoms with E-state index in [0.717, 1.165) is 40.3 Å². The maximum Gasteiger partial charge on any atom is 0.248 e. The zero-order valence-corrected chi connectivity index (χ0v) is 17.5. The number of anilines is 1. The molecular formula is C26H25N3O. The third-order valence-electron chi connectivity index (χ3n) is 5.17. The Balaban J connectivity index is 1.67. The maximum absolute atomic E-state index is 12.5. The summed E-state index contributed by atoms with van der Waals surface area (Å²) < 4.78 is 2.02. The van der Waals surface area contributed by atoms with Gasteiger partial charge in [0.2, 0.25) is 5.91 Å². The lowest BCUT2D eigenvalue weighted by molar-refractivity contribution is -0.111. The minimum absolute atomic E-state index is 0.170. The van der Waals surface area contributed by atoms with Gasteiger partial charge in [-0.25, -0.2) is 4.98 Å². The van der Waals surface area contributed by atoms with Gasteiger partial charge in [0, 0.05) is 23.5 Å². The van der Waals surface area contributed by atoms with Crippen molar-refractivity contribution >= 4 is 23.3 Å². The molecule has 0 fully saturated rings. The Bertz CT molecular complexity index is 1220. The Hall–Kier alpha value is -3.66. The number of carbonyl (C=O) groups is 1. The van der Waals surface area contributed by atoms with Gasteiger partial charge in [0.05, 0.1) is 11.4 Å². The Morgan fingerprint density at radius 1 is 1.00 bits per heavy atom. The number of rotatable bonds is 5. The second kappa shape index (κ2) is 8.37. The molecular weight excluding hydrogens is 370 g/mol. The topological polar surface area (TPSA) is 46.4 Å². The van der Waals surface area contributed by atoms with E-state index in [0.29, 0.717) is 0 Å². The summed E-state index contributed by atoms with van der Waals surface area (Å²) in [5.74, 6) is -0.170. The van der Waals surface area contributed by atoms with E-state index in [4.69, 9.17) is 4.98 Å². The molecule has 0 saturated heterocycles. The zero-order valence-electron chi connectivity index (χ0n) is 17.5. The van der Waals surface area contributed by atoms with E-state index < -0.39 is 0 Å². The first-order valence-electron chi connectivity index (χ1n) is 10.2. The third-order valence-corrected chi connectivity index (χ3v) is 5.17. The molecule has 4 aromatic rings. The van der Waals surface area contributed by atoms with E-state index in [9.17, 15) is 4.79 Å². The van der Waals surface area contributed by atoms with Crippen LogP contribution in [0.5, 0.6) is 0 Å². The average molecular weight is 396 g/mol. The van der Waals surface area contributed by atoms with Gasteiger partial charge in [0.1, 0.15) is 5.65 Å². The molecule has 0 saturated carbocycles. The van der Waals surface area contributed by atoms with Crippen LogP contribution < -0.4 is 5.32 Å². The predicted molar refractivity (Wildman–Crippen MR) is 124 cm³/mol. The molecule has 4 heteroatoms. The van der Waals surface area contributed by atoms with Gasteiger partial charge >= 0.3 is 0 Å². The minimum Gasteiger partial charge on any atom is -0.323 e. The summed E-state index contributed by atoms with van der Waals surface area (Å²) in [6, 6.07) is 20.3. The van der Waals surface area contributed by atoms with E-state index in [2.05, 4.69) is 43.4 Å². The molecule has 2 aromatic heterocycles. The van der Waals surface area contributed by atoms with Crippen LogP contribution in [0.2, 0.25) is 0 Å². The summed E-state index contributed by atoms with van der Waals surface area (Å²) in [4.78, 5) is 17.4. The number of pyridine rings is 1. The second-order valence-electron chi connectivity index (χ2n) is 7.52. The molecule has 0 aliphatic rings. The van der Waals surface area contributed by atoms with Gasteiger partial charge in [-0.15, -0.1) is 0 Å². The number of nitrogens with one attached hydrogen (secondary N) is 1. The van der Waals surface area contributed by atoms with Crippen LogP contribution in [0.4, 0.5) is 5.69 Å². The fourth-order valence-electron chi connectivity index (χ4n) is 3.41. The molecule has 0 spiro atoms. The van der Waals surface area contributed by atoms with Crippen LogP contribution >= 0.6 is 0 Å². The fourth-order valence-corrected chi connectivity index (χ4v) is 3.41. The number of carbonyl (C=O) groups excluding carboxylic acids is 1. The largest absolute Gasteiger partial charge is 0.323 e. The molecule has 4 rings (SSSR count). The summed E-state index contributed by atoms with van der Waals surface area (Å²) >= 11 is 0. The van der Waals surface area contributed by atoms with Crippen LogP contribution in [0, 0.1) is 13.8 Å². The molecule has 1 amide bonds. The van der Waals surface area contributed by atoms with Gasteiger partial charge in [0.25, 0.3) is 0 Å². The molecule has 0 atom stereocenters. The minimum atomic E-state index is -0.170. The van der Waals surface area contributed by atoms with Crippen molar-refractivity contribution < 1.29 is 4.79 Å². The molecule has 2 aromatic carbocycles. The van der Waals surface area contributed by atoms with Crippen molar-refractivity contribution in [1.29, 1.82) is 0 Å². The van der Waals surface area contributed by atoms with E-state index in [1.165, 1.54) is 11.1 Å². The lowest BCUT2D eigenvalue weighted by atomic mass is 10.1. The number of benzene rings is 2. The number of aryl methyl sites for hydroxylation is 3. The number of hydrogen-bond donors (Lipinski definition) is 1. The van der Waals surface area contributed by atoms with E-state index >= 15 is 0 Å². The highest BCUT2D eigenvalue weighted by Gasteiger charge is 2.12. The number of fused-ring (bicyclic) bond motifs is 1. The highest BCUT2D eigenvalue weighted by atomic mass is 16.1. The number of hydrogen-bond acceptors (Lipinski definition) is 2. The Labute approximate surface area is 176 Å². The van der Waals surface area contributed by atoms with Crippen LogP contribution in [-0.4, -0.2) is 15.3 Å². The SMILES string of the molecule is CCc1ccc(NC(=O)/C=C/c2c(-c3ccc(C)cc3)nc3cc(C)ccn23)cc1. The molecule has 4 nitrogen and oxygen atoms in total. The maximum atomic E-state index is 12.5. The monoisotopic (exact) mass is 395 g/mol. The first kappa shape index (κ1) is 19.6. The summed E-state index contributed by atoms with van der Waals surface area (Å²) in [6.07, 6.45) is 6.37. The Kier molecular flexibility index (Phi) is 5.48. The standard InChI is InChI=1S/C26H25N3O/c1-4-20-7-11-22(12-8-20)27-25(30)14-13-23-26(21-9-5-18(2)6-10-21)28-24-17-19(3)15-16-29(23)24/h5-17H,4H2,1-3H3,(H,27,30)/b14-13+. The van der Waals surface area contributed by atoms with Gasteiger partial charge in [-0.1, -0.05) is 48.9 Å². The summed E-state index contributed by atoms with van der Waals surface area (Å²) in [5.41, 5.74) is 8.00. The first-order chi connectivity index (χ1) is 14.5. The number of amides is 1. The van der Waals surface area contributed by atoms with Crippen molar-refractivity contribution in [3.8, 4) is 11.3 Å². The molecule has 150 valence electrons. The van der Waals surface area contributed by atoms with Crippen LogP contribution in [0.25, 0.3) is 23.0 Å². The highest BCUT2D eigenvalue weighted by molar-refractivity contribution is 6.02. The molecule has 1 N–H and O–H groups in total. The van der Waals surface area contributed by atoms with Crippen molar-refractivity contribution in [1.82, 2.24) is 9.38 Å². The molecule has 0 aliphatic carbocycles. The average Bonchev–Trinajstić information content (AvgIpc) is 3.10. The van der Waals surface area contributed by atoms with E-state index in [1.807, 2.05) is 60.0 Å². The first-order valence-corrected chi connectivity index (χ1v) is 10.2. The molecule has 0 aliphatic heterocycles. The van der Waals surface area contributed by atoms with Crippen LogP contribution in [0.15, 0.2) is 72.9 Å². The third kappa shape index (κ3) is 4.18. The van der Waals surface area contributed by atoms with Crippen LogP contribution in [0.1, 0.15) is 29.3 Å². The molecule has 0 bridgehead atoms. The zero-order chi connectivity index (χ0) is 21.1. The number of imidazole rings is 1. The molecule has 2 heterocycles. The van der Waals surface area contributed by atoms with Gasteiger partial charge in [-0.3, -0.25) is 9.20 Å². The van der Waals surface area contributed by atoms with Crippen molar-refractivity contribution in [2.24, 2.45) is 0 Å². The van der Waals surface area contributed by atoms with Crippen LogP contribution in [-0.2, 0) is 11.2 Å². The molecule has 0 unspecified atom stereocenters. The fraction of sp³-hybridized carbons (Fsp3) is 0.154. The van der Waals surface area contributed by atoms with Gasteiger partial charge in [0.15, 0.2) is 0 Å². The quantitative estimate of drug-likeness (QED) is 0.432. The van der Waals surface area contributed by atoms with Gasteiger partial charge in [-0.2, -0.15) is 0 Å². The van der Waals surface area contributed by atoms with Gasteiger partial charge in [-0.05, 0) is 61.7 Å². The van der Waals surface area contributed by atoms with Crippen molar-refractivity contribution in [3.63, 3.8) is 0 Å². The van der Waals surface area contributed by atoms with Crippen molar-refractivity contribution in [3.05, 3.63) is 95.3 Å². The summed E-state index contributed by atoms with van der Waals surface area (Å²) in [5, 5.41) is 2.92. The molecule has 30 heavy (non-hydrogen) atoms. The summed E-state index contributed by atoms with van der Waals surface area (Å²) in [6.45, 7) is 6.22. The van der Waals surface area contributed by atoms with Crippen LogP contribution in [0.3, 0.4) is 0 Å². The smallest absolute Gasteiger partial charge is 0.248 e. The number of aromatic nitrogens is 2. The Morgan fingerprint density at radius 3 is 2.43 bits per heavy atom. The lowest BCUT2D eigenvalue weighted by Crippen LogP contribution is -2.07. The lowest BCUT2D eigenvalue weighted by Gasteiger charge is -2.04.